The molecular formula is C60H40N2. The molecule has 0 bridgehead atoms. The van der Waals surface area contributed by atoms with Crippen LogP contribution in [0.4, 0.5) is 17.1 Å². The van der Waals surface area contributed by atoms with E-state index in [0.29, 0.717) is 0 Å². The predicted octanol–water partition coefficient (Wildman–Crippen LogP) is 16.7. The molecule has 11 aromatic carbocycles. The number of rotatable bonds is 7. The van der Waals surface area contributed by atoms with E-state index in [4.69, 9.17) is 0 Å². The van der Waals surface area contributed by atoms with E-state index >= 15 is 0 Å². The number of aromatic nitrogens is 1. The van der Waals surface area contributed by atoms with Crippen LogP contribution < -0.4 is 4.90 Å². The van der Waals surface area contributed by atoms with E-state index in [0.717, 1.165) is 22.7 Å². The maximum Gasteiger partial charge on any atom is 0.0619 e. The fourth-order valence-corrected chi connectivity index (χ4v) is 9.59. The molecule has 2 heteroatoms. The third-order valence-electron chi connectivity index (χ3n) is 12.5. The van der Waals surface area contributed by atoms with Crippen LogP contribution in [0.25, 0.3) is 93.2 Å². The molecule has 0 atom stereocenters. The highest BCUT2D eigenvalue weighted by Crippen LogP contribution is 2.43. The molecule has 0 aliphatic carbocycles. The van der Waals surface area contributed by atoms with Crippen LogP contribution in [-0.2, 0) is 0 Å². The Hall–Kier alpha value is -8.20. The predicted molar refractivity (Wildman–Crippen MR) is 264 cm³/mol. The summed E-state index contributed by atoms with van der Waals surface area (Å²) in [6.45, 7) is 0. The molecule has 0 saturated heterocycles. The van der Waals surface area contributed by atoms with Gasteiger partial charge in [-0.15, -0.1) is 0 Å². The first-order valence-corrected chi connectivity index (χ1v) is 21.3. The molecule has 0 spiro atoms. The average molecular weight is 789 g/mol. The Morgan fingerprint density at radius 2 is 0.790 bits per heavy atom. The zero-order valence-corrected chi connectivity index (χ0v) is 34.0. The van der Waals surface area contributed by atoms with Crippen LogP contribution in [0, 0.1) is 0 Å². The van der Waals surface area contributed by atoms with Gasteiger partial charge in [-0.1, -0.05) is 188 Å². The monoisotopic (exact) mass is 788 g/mol. The van der Waals surface area contributed by atoms with Crippen LogP contribution in [0.1, 0.15) is 0 Å². The van der Waals surface area contributed by atoms with Gasteiger partial charge < -0.3 is 9.47 Å². The molecule has 2 nitrogen and oxygen atoms in total. The molecule has 12 rings (SSSR count). The number of fused-ring (bicyclic) bond motifs is 8. The lowest BCUT2D eigenvalue weighted by Crippen LogP contribution is -2.10. The van der Waals surface area contributed by atoms with Gasteiger partial charge in [-0.2, -0.15) is 0 Å². The topological polar surface area (TPSA) is 8.17 Å². The van der Waals surface area contributed by atoms with Crippen molar-refractivity contribution in [1.82, 2.24) is 4.57 Å². The van der Waals surface area contributed by atoms with E-state index in [1.165, 1.54) is 87.5 Å². The van der Waals surface area contributed by atoms with Gasteiger partial charge in [-0.05, 0) is 115 Å². The molecular weight excluding hydrogens is 749 g/mol. The molecule has 0 unspecified atom stereocenters. The van der Waals surface area contributed by atoms with E-state index < -0.39 is 0 Å². The molecule has 12 aromatic rings. The van der Waals surface area contributed by atoms with Gasteiger partial charge in [0.2, 0.25) is 0 Å². The van der Waals surface area contributed by atoms with Gasteiger partial charge in [0.25, 0.3) is 0 Å². The molecule has 1 aromatic heterocycles. The highest BCUT2D eigenvalue weighted by Gasteiger charge is 2.19. The van der Waals surface area contributed by atoms with E-state index in [1.54, 1.807) is 0 Å². The standard InChI is InChI=1S/C60H40N2/c1-4-14-42(15-5-1)53-36-33-51(40-58(53)43-16-6-2-7-17-43)61(50-32-37-54-47(38-50)25-24-44-18-10-12-22-52(44)54)49-30-26-41(27-31-49)46-29-34-56-57-35-28-45-19-11-13-23-55(45)60(57)62(59(56)39-46)48-20-8-3-9-21-48/h1-40H. The van der Waals surface area contributed by atoms with Crippen molar-refractivity contribution in [2.75, 3.05) is 4.90 Å². The van der Waals surface area contributed by atoms with Crippen molar-refractivity contribution in [3.63, 3.8) is 0 Å². The molecule has 0 saturated carbocycles. The van der Waals surface area contributed by atoms with Crippen molar-refractivity contribution in [2.24, 2.45) is 0 Å². The number of benzene rings is 11. The van der Waals surface area contributed by atoms with Crippen LogP contribution in [-0.4, -0.2) is 4.57 Å². The third kappa shape index (κ3) is 6.04. The fourth-order valence-electron chi connectivity index (χ4n) is 9.59. The Kier molecular flexibility index (Phi) is 8.53. The van der Waals surface area contributed by atoms with Crippen LogP contribution in [0.5, 0.6) is 0 Å². The Labute approximate surface area is 360 Å². The van der Waals surface area contributed by atoms with Crippen molar-refractivity contribution in [2.45, 2.75) is 0 Å². The average Bonchev–Trinajstić information content (AvgIpc) is 3.69. The number of nitrogens with zero attached hydrogens (tertiary/aromatic N) is 2. The molecule has 0 fully saturated rings. The normalized spacial score (nSPS) is 11.5. The van der Waals surface area contributed by atoms with Crippen molar-refractivity contribution in [3.8, 4) is 39.1 Å². The molecule has 290 valence electrons. The summed E-state index contributed by atoms with van der Waals surface area (Å²) < 4.78 is 2.44. The summed E-state index contributed by atoms with van der Waals surface area (Å²) in [5.41, 5.74) is 14.0. The summed E-state index contributed by atoms with van der Waals surface area (Å²) in [7, 11) is 0. The Balaban J connectivity index is 1.02. The minimum atomic E-state index is 1.09. The van der Waals surface area contributed by atoms with Crippen LogP contribution in [0.15, 0.2) is 243 Å². The van der Waals surface area contributed by atoms with Crippen molar-refractivity contribution < 1.29 is 0 Å². The van der Waals surface area contributed by atoms with E-state index in [2.05, 4.69) is 252 Å². The van der Waals surface area contributed by atoms with Crippen LogP contribution in [0.3, 0.4) is 0 Å². The fraction of sp³-hybridized carbons (Fsp3) is 0. The number of anilines is 3. The van der Waals surface area contributed by atoms with Gasteiger partial charge in [0, 0.05) is 38.9 Å². The lowest BCUT2D eigenvalue weighted by Gasteiger charge is -2.27. The van der Waals surface area contributed by atoms with Crippen LogP contribution >= 0.6 is 0 Å². The van der Waals surface area contributed by atoms with Crippen LogP contribution in [0.2, 0.25) is 0 Å². The SMILES string of the molecule is c1ccc(-c2ccc(N(c3ccc(-c4ccc5c6ccc7ccccc7c6n(-c6ccccc6)c5c4)cc3)c3ccc4c(ccc5ccccc54)c3)cc2-c2ccccc2)cc1. The van der Waals surface area contributed by atoms with Gasteiger partial charge in [-0.3, -0.25) is 0 Å². The maximum absolute atomic E-state index is 2.44. The van der Waals surface area contributed by atoms with E-state index in [1.807, 2.05) is 0 Å². The summed E-state index contributed by atoms with van der Waals surface area (Å²) in [5.74, 6) is 0. The first kappa shape index (κ1) is 35.7. The quantitative estimate of drug-likeness (QED) is 0.146. The Bertz CT molecular complexity index is 3610. The van der Waals surface area contributed by atoms with Gasteiger partial charge in [-0.25, -0.2) is 0 Å². The lowest BCUT2D eigenvalue weighted by atomic mass is 9.93. The molecule has 0 aliphatic heterocycles. The second kappa shape index (κ2) is 14.8. The van der Waals surface area contributed by atoms with E-state index in [-0.39, 0.29) is 0 Å². The Morgan fingerprint density at radius 3 is 1.55 bits per heavy atom. The van der Waals surface area contributed by atoms with Crippen molar-refractivity contribution in [3.05, 3.63) is 243 Å². The highest BCUT2D eigenvalue weighted by molar-refractivity contribution is 6.19. The van der Waals surface area contributed by atoms with E-state index in [9.17, 15) is 0 Å². The zero-order valence-electron chi connectivity index (χ0n) is 34.0. The number of para-hydroxylation sites is 1. The maximum atomic E-state index is 2.44. The van der Waals surface area contributed by atoms with Crippen molar-refractivity contribution >= 4 is 71.2 Å². The zero-order chi connectivity index (χ0) is 41.0. The third-order valence-corrected chi connectivity index (χ3v) is 12.5. The van der Waals surface area contributed by atoms with Crippen molar-refractivity contribution in [1.29, 1.82) is 0 Å². The number of hydrogen-bond donors (Lipinski definition) is 0. The second-order valence-electron chi connectivity index (χ2n) is 16.1. The first-order valence-electron chi connectivity index (χ1n) is 21.3. The molecule has 0 radical (unpaired) electrons. The highest BCUT2D eigenvalue weighted by atomic mass is 15.1. The lowest BCUT2D eigenvalue weighted by molar-refractivity contribution is 1.19. The summed E-state index contributed by atoms with van der Waals surface area (Å²) in [5, 5.41) is 9.98. The molecule has 0 aliphatic rings. The molecule has 0 amide bonds. The molecule has 0 N–H and O–H groups in total. The minimum absolute atomic E-state index is 1.09. The second-order valence-corrected chi connectivity index (χ2v) is 16.1. The summed E-state index contributed by atoms with van der Waals surface area (Å²) in [6, 6.07) is 88.5. The summed E-state index contributed by atoms with van der Waals surface area (Å²) >= 11 is 0. The van der Waals surface area contributed by atoms with Gasteiger partial charge >= 0.3 is 0 Å². The van der Waals surface area contributed by atoms with Gasteiger partial charge in [0.1, 0.15) is 0 Å². The molecule has 62 heavy (non-hydrogen) atoms. The number of hydrogen-bond acceptors (Lipinski definition) is 1. The van der Waals surface area contributed by atoms with Gasteiger partial charge in [0.05, 0.1) is 11.0 Å². The summed E-state index contributed by atoms with van der Waals surface area (Å²) in [6.07, 6.45) is 0. The first-order chi connectivity index (χ1) is 30.7. The molecule has 1 heterocycles. The minimum Gasteiger partial charge on any atom is -0.310 e. The smallest absolute Gasteiger partial charge is 0.0619 e. The summed E-state index contributed by atoms with van der Waals surface area (Å²) in [4.78, 5) is 2.40. The van der Waals surface area contributed by atoms with Gasteiger partial charge in [0.15, 0.2) is 0 Å². The largest absolute Gasteiger partial charge is 0.310 e. The Morgan fingerprint density at radius 1 is 0.274 bits per heavy atom.